The van der Waals surface area contributed by atoms with Crippen molar-refractivity contribution >= 4 is 29.7 Å². The van der Waals surface area contributed by atoms with Gasteiger partial charge in [-0.3, -0.25) is 4.79 Å². The van der Waals surface area contributed by atoms with Gasteiger partial charge in [0.2, 0.25) is 5.91 Å². The number of nitrogens with one attached hydrogen (secondary N) is 1. The Labute approximate surface area is 115 Å². The van der Waals surface area contributed by atoms with Crippen molar-refractivity contribution in [3.8, 4) is 0 Å². The Hall–Kier alpha value is -1.44. The number of hydrogen-bond acceptors (Lipinski definition) is 4. The van der Waals surface area contributed by atoms with Crippen LogP contribution in [0, 0.1) is 0 Å². The predicted octanol–water partition coefficient (Wildman–Crippen LogP) is -0.224. The van der Waals surface area contributed by atoms with Crippen molar-refractivity contribution in [3.63, 3.8) is 0 Å². The molecule has 2 atom stereocenters. The molecule has 2 rings (SSSR count). The van der Waals surface area contributed by atoms with Gasteiger partial charge in [0, 0.05) is 31.8 Å². The number of thioether (sulfide) groups is 1. The highest BCUT2D eigenvalue weighted by Gasteiger charge is 2.36. The molecule has 2 fully saturated rings. The fraction of sp³-hybridized carbons (Fsp3) is 0.727. The first-order valence-corrected chi connectivity index (χ1v) is 7.26. The summed E-state index contributed by atoms with van der Waals surface area (Å²) in [4.78, 5) is 37.3. The number of nitrogens with zero attached hydrogens (tertiary/aromatic N) is 2. The van der Waals surface area contributed by atoms with Crippen LogP contribution in [0.1, 0.15) is 12.8 Å². The molecule has 7 nitrogen and oxygen atoms in total. The molecule has 0 aromatic rings. The highest BCUT2D eigenvalue weighted by Crippen LogP contribution is 2.21. The number of carbonyl (C=O) groups excluding carboxylic acids is 2. The molecule has 2 N–H and O–H groups in total. The van der Waals surface area contributed by atoms with Crippen LogP contribution in [-0.2, 0) is 9.59 Å². The monoisotopic (exact) mass is 287 g/mol. The number of likely N-dealkylation sites (tertiary alicyclic amines) is 1. The molecule has 8 heteroatoms. The molecule has 2 heterocycles. The summed E-state index contributed by atoms with van der Waals surface area (Å²) >= 11 is 1.43. The Bertz CT molecular complexity index is 403. The van der Waals surface area contributed by atoms with Crippen LogP contribution >= 0.6 is 11.8 Å². The van der Waals surface area contributed by atoms with Crippen LogP contribution in [0.2, 0.25) is 0 Å². The lowest BCUT2D eigenvalue weighted by Crippen LogP contribution is -2.54. The molecule has 0 saturated carbocycles. The lowest BCUT2D eigenvalue weighted by molar-refractivity contribution is -0.140. The van der Waals surface area contributed by atoms with Gasteiger partial charge < -0.3 is 20.2 Å². The Morgan fingerprint density at radius 3 is 2.84 bits per heavy atom. The van der Waals surface area contributed by atoms with E-state index in [1.807, 2.05) is 0 Å². The molecule has 2 saturated heterocycles. The molecular formula is C11H17N3O4S. The summed E-state index contributed by atoms with van der Waals surface area (Å²) in [7, 11) is 1.70. The number of urea groups is 1. The summed E-state index contributed by atoms with van der Waals surface area (Å²) in [6, 6.07) is -1.21. The van der Waals surface area contributed by atoms with E-state index in [2.05, 4.69) is 5.32 Å². The second-order valence-electron chi connectivity index (χ2n) is 4.78. The molecule has 0 radical (unpaired) electrons. The highest BCUT2D eigenvalue weighted by molar-refractivity contribution is 7.99. The Morgan fingerprint density at radius 1 is 1.47 bits per heavy atom. The van der Waals surface area contributed by atoms with Crippen molar-refractivity contribution in [1.82, 2.24) is 15.1 Å². The largest absolute Gasteiger partial charge is 0.480 e. The minimum atomic E-state index is -0.976. The van der Waals surface area contributed by atoms with Gasteiger partial charge in [-0.1, -0.05) is 0 Å². The third-order valence-electron chi connectivity index (χ3n) is 3.38. The minimum Gasteiger partial charge on any atom is -0.480 e. The zero-order chi connectivity index (χ0) is 14.0. The van der Waals surface area contributed by atoms with E-state index in [4.69, 9.17) is 5.11 Å². The number of piperidine rings is 1. The van der Waals surface area contributed by atoms with E-state index < -0.39 is 12.0 Å². The van der Waals surface area contributed by atoms with Crippen molar-refractivity contribution in [2.24, 2.45) is 0 Å². The number of carboxylic acid groups (broad SMARTS) is 1. The predicted molar refractivity (Wildman–Crippen MR) is 69.8 cm³/mol. The van der Waals surface area contributed by atoms with E-state index in [0.29, 0.717) is 31.0 Å². The van der Waals surface area contributed by atoms with Gasteiger partial charge in [-0.15, -0.1) is 11.8 Å². The highest BCUT2D eigenvalue weighted by atomic mass is 32.2. The number of amides is 3. The number of rotatable bonds is 2. The minimum absolute atomic E-state index is 0.0747. The van der Waals surface area contributed by atoms with E-state index in [-0.39, 0.29) is 18.0 Å². The van der Waals surface area contributed by atoms with Gasteiger partial charge in [0.15, 0.2) is 0 Å². The molecule has 0 bridgehead atoms. The number of aliphatic carboxylic acids is 1. The van der Waals surface area contributed by atoms with Gasteiger partial charge >= 0.3 is 12.0 Å². The van der Waals surface area contributed by atoms with E-state index in [9.17, 15) is 14.4 Å². The molecule has 19 heavy (non-hydrogen) atoms. The van der Waals surface area contributed by atoms with Crippen molar-refractivity contribution < 1.29 is 19.5 Å². The first-order chi connectivity index (χ1) is 8.99. The van der Waals surface area contributed by atoms with Gasteiger partial charge in [0.25, 0.3) is 0 Å². The van der Waals surface area contributed by atoms with Crippen molar-refractivity contribution in [1.29, 1.82) is 0 Å². The quantitative estimate of drug-likeness (QED) is 0.732. The molecule has 3 amide bonds. The summed E-state index contributed by atoms with van der Waals surface area (Å²) in [6.45, 7) is 0.475. The fourth-order valence-corrected chi connectivity index (χ4v) is 3.38. The Balaban J connectivity index is 1.90. The number of hydrogen-bond donors (Lipinski definition) is 2. The van der Waals surface area contributed by atoms with Crippen LogP contribution in [0.25, 0.3) is 0 Å². The third kappa shape index (κ3) is 3.12. The molecule has 2 aliphatic rings. The van der Waals surface area contributed by atoms with E-state index in [1.54, 1.807) is 11.9 Å². The summed E-state index contributed by atoms with van der Waals surface area (Å²) in [5, 5.41) is 11.8. The molecule has 0 aromatic heterocycles. The van der Waals surface area contributed by atoms with Crippen LogP contribution < -0.4 is 5.32 Å². The first kappa shape index (κ1) is 14.0. The molecule has 2 unspecified atom stereocenters. The average molecular weight is 287 g/mol. The zero-order valence-corrected chi connectivity index (χ0v) is 11.5. The van der Waals surface area contributed by atoms with Crippen molar-refractivity contribution in [3.05, 3.63) is 0 Å². The van der Waals surface area contributed by atoms with Gasteiger partial charge in [0.1, 0.15) is 6.04 Å². The number of carboxylic acids is 1. The summed E-state index contributed by atoms with van der Waals surface area (Å²) in [5.41, 5.74) is 0. The summed E-state index contributed by atoms with van der Waals surface area (Å²) < 4.78 is 0. The topological polar surface area (TPSA) is 90.0 Å². The maximum atomic E-state index is 12.1. The Morgan fingerprint density at radius 2 is 2.21 bits per heavy atom. The summed E-state index contributed by atoms with van der Waals surface area (Å²) in [6.07, 6.45) is 1.02. The summed E-state index contributed by atoms with van der Waals surface area (Å²) in [5.74, 6) is -0.0856. The zero-order valence-electron chi connectivity index (χ0n) is 10.7. The van der Waals surface area contributed by atoms with Crippen LogP contribution in [0.3, 0.4) is 0 Å². The SMILES string of the molecule is CN1CC(NC(=O)N2CSCC2C(=O)O)CCC1=O. The average Bonchev–Trinajstić information content (AvgIpc) is 2.83. The van der Waals surface area contributed by atoms with Crippen LogP contribution in [0.5, 0.6) is 0 Å². The maximum absolute atomic E-state index is 12.1. The number of likely N-dealkylation sites (N-methyl/N-ethyl adjacent to an activating group) is 1. The van der Waals surface area contributed by atoms with Crippen LogP contribution in [0.4, 0.5) is 4.79 Å². The lowest BCUT2D eigenvalue weighted by Gasteiger charge is -2.32. The van der Waals surface area contributed by atoms with Gasteiger partial charge in [-0.05, 0) is 6.42 Å². The van der Waals surface area contributed by atoms with Crippen molar-refractivity contribution in [2.45, 2.75) is 24.9 Å². The van der Waals surface area contributed by atoms with E-state index >= 15 is 0 Å². The standard InChI is InChI=1S/C11H17N3O4S/c1-13-4-7(2-3-9(13)15)12-11(18)14-6-19-5-8(14)10(16)17/h7-8H,2-6H2,1H3,(H,12,18)(H,16,17). The molecule has 106 valence electrons. The molecule has 2 aliphatic heterocycles. The Kier molecular flexibility index (Phi) is 4.18. The first-order valence-electron chi connectivity index (χ1n) is 6.10. The maximum Gasteiger partial charge on any atom is 0.327 e. The smallest absolute Gasteiger partial charge is 0.327 e. The molecule has 0 spiro atoms. The fourth-order valence-electron chi connectivity index (χ4n) is 2.23. The van der Waals surface area contributed by atoms with E-state index in [0.717, 1.165) is 0 Å². The van der Waals surface area contributed by atoms with E-state index in [1.165, 1.54) is 16.7 Å². The second kappa shape index (κ2) is 5.68. The third-order valence-corrected chi connectivity index (χ3v) is 4.39. The van der Waals surface area contributed by atoms with Gasteiger partial charge in [-0.25, -0.2) is 9.59 Å². The lowest BCUT2D eigenvalue weighted by atomic mass is 10.1. The van der Waals surface area contributed by atoms with Gasteiger partial charge in [0.05, 0.1) is 5.88 Å². The van der Waals surface area contributed by atoms with Crippen LogP contribution in [0.15, 0.2) is 0 Å². The van der Waals surface area contributed by atoms with Gasteiger partial charge in [-0.2, -0.15) is 0 Å². The normalized spacial score (nSPS) is 27.5. The van der Waals surface area contributed by atoms with Crippen molar-refractivity contribution in [2.75, 3.05) is 25.2 Å². The molecule has 0 aliphatic carbocycles. The molecular weight excluding hydrogens is 270 g/mol. The van der Waals surface area contributed by atoms with Crippen LogP contribution in [-0.4, -0.2) is 70.1 Å². The molecule has 0 aromatic carbocycles. The second-order valence-corrected chi connectivity index (χ2v) is 5.78. The number of carbonyl (C=O) groups is 3.